The van der Waals surface area contributed by atoms with Crippen LogP contribution in [-0.2, 0) is 6.54 Å². The molecular formula is C20H21N7O3S. The molecule has 4 heterocycles. The molecule has 0 atom stereocenters. The maximum atomic E-state index is 11.5. The highest BCUT2D eigenvalue weighted by Gasteiger charge is 2.20. The number of aliphatic hydroxyl groups excluding tert-OH is 1. The Hall–Kier alpha value is -3.28. The number of nitrogens with one attached hydrogen (secondary N) is 3. The SMILES string of the molecule is O=c1[nH]c(O)c(C=c2cnn3c(=NC4CC4)cc(-c4ccc(CNCCO)s4)nc23)[nH]1. The fourth-order valence-corrected chi connectivity index (χ4v) is 4.16. The van der Waals surface area contributed by atoms with Crippen LogP contribution in [0.25, 0.3) is 22.3 Å². The van der Waals surface area contributed by atoms with Gasteiger partial charge in [-0.1, -0.05) is 0 Å². The molecule has 5 rings (SSSR count). The highest BCUT2D eigenvalue weighted by molar-refractivity contribution is 7.15. The zero-order chi connectivity index (χ0) is 21.4. The first-order chi connectivity index (χ1) is 15.1. The first kappa shape index (κ1) is 19.7. The molecule has 160 valence electrons. The Balaban J connectivity index is 1.63. The average molecular weight is 440 g/mol. The van der Waals surface area contributed by atoms with Crippen molar-refractivity contribution in [3.05, 3.63) is 56.2 Å². The molecule has 0 amide bonds. The van der Waals surface area contributed by atoms with E-state index in [-0.39, 0.29) is 18.2 Å². The van der Waals surface area contributed by atoms with Crippen molar-refractivity contribution in [2.45, 2.75) is 25.4 Å². The average Bonchev–Trinajstić information content (AvgIpc) is 3.14. The van der Waals surface area contributed by atoms with E-state index in [9.17, 15) is 9.90 Å². The van der Waals surface area contributed by atoms with Crippen LogP contribution in [0.2, 0.25) is 0 Å². The number of aromatic nitrogens is 5. The highest BCUT2D eigenvalue weighted by atomic mass is 32.1. The van der Waals surface area contributed by atoms with Crippen LogP contribution in [0.15, 0.2) is 34.2 Å². The predicted octanol–water partition coefficient (Wildman–Crippen LogP) is -0.127. The molecule has 0 unspecified atom stereocenters. The maximum absolute atomic E-state index is 11.5. The Morgan fingerprint density at radius 1 is 1.35 bits per heavy atom. The van der Waals surface area contributed by atoms with E-state index in [2.05, 4.69) is 20.4 Å². The first-order valence-electron chi connectivity index (χ1n) is 9.97. The van der Waals surface area contributed by atoms with Crippen LogP contribution in [0.3, 0.4) is 0 Å². The number of aromatic hydroxyl groups is 1. The summed E-state index contributed by atoms with van der Waals surface area (Å²) < 4.78 is 1.69. The molecule has 31 heavy (non-hydrogen) atoms. The second kappa shape index (κ2) is 8.10. The lowest BCUT2D eigenvalue weighted by molar-refractivity contribution is 0.292. The van der Waals surface area contributed by atoms with Gasteiger partial charge < -0.3 is 20.5 Å². The molecule has 0 spiro atoms. The summed E-state index contributed by atoms with van der Waals surface area (Å²) in [5, 5.41) is 27.1. The highest BCUT2D eigenvalue weighted by Crippen LogP contribution is 2.26. The molecule has 0 bridgehead atoms. The van der Waals surface area contributed by atoms with E-state index in [1.165, 1.54) is 0 Å². The van der Waals surface area contributed by atoms with Crippen LogP contribution in [0.4, 0.5) is 0 Å². The van der Waals surface area contributed by atoms with E-state index >= 15 is 0 Å². The molecule has 5 N–H and O–H groups in total. The van der Waals surface area contributed by atoms with Crippen molar-refractivity contribution in [1.29, 1.82) is 0 Å². The van der Waals surface area contributed by atoms with Gasteiger partial charge in [0.05, 0.1) is 29.4 Å². The van der Waals surface area contributed by atoms with Crippen molar-refractivity contribution in [2.75, 3.05) is 13.2 Å². The number of H-pyrrole nitrogens is 2. The van der Waals surface area contributed by atoms with Crippen molar-refractivity contribution in [3.63, 3.8) is 0 Å². The number of hydrogen-bond donors (Lipinski definition) is 5. The number of hydrogen-bond acceptors (Lipinski definition) is 8. The molecule has 1 aliphatic carbocycles. The molecule has 0 aromatic carbocycles. The third kappa shape index (κ3) is 4.15. The van der Waals surface area contributed by atoms with Gasteiger partial charge in [-0.15, -0.1) is 11.3 Å². The number of nitrogens with zero attached hydrogens (tertiary/aromatic N) is 4. The van der Waals surface area contributed by atoms with Crippen LogP contribution in [0.5, 0.6) is 5.88 Å². The zero-order valence-corrected chi connectivity index (χ0v) is 17.3. The molecule has 1 fully saturated rings. The molecule has 1 saturated carbocycles. The standard InChI is InChI=1S/C20H21N7O3S/c28-6-5-21-10-13-3-4-16(31-13)14-8-17(23-12-1-2-12)27-18(24-14)11(9-22-27)7-15-19(29)26-20(30)25-15/h3-4,7-9,12,21,28-29H,1-2,5-6,10H2,(H2,25,26,30). The van der Waals surface area contributed by atoms with Gasteiger partial charge in [-0.05, 0) is 31.1 Å². The van der Waals surface area contributed by atoms with Crippen LogP contribution >= 0.6 is 11.3 Å². The minimum Gasteiger partial charge on any atom is -0.493 e. The zero-order valence-electron chi connectivity index (χ0n) is 16.5. The van der Waals surface area contributed by atoms with E-state index in [1.54, 1.807) is 28.1 Å². The van der Waals surface area contributed by atoms with E-state index < -0.39 is 5.69 Å². The second-order valence-corrected chi connectivity index (χ2v) is 8.52. The molecule has 10 nitrogen and oxygen atoms in total. The van der Waals surface area contributed by atoms with Gasteiger partial charge in [0, 0.05) is 29.3 Å². The van der Waals surface area contributed by atoms with Crippen LogP contribution in [0, 0.1) is 0 Å². The molecule has 4 aromatic heterocycles. The van der Waals surface area contributed by atoms with Crippen LogP contribution in [0.1, 0.15) is 23.4 Å². The lowest BCUT2D eigenvalue weighted by Crippen LogP contribution is -2.19. The Bertz CT molecular complexity index is 1410. The number of aliphatic hydroxyl groups is 1. The van der Waals surface area contributed by atoms with Gasteiger partial charge in [0.1, 0.15) is 5.69 Å². The van der Waals surface area contributed by atoms with Gasteiger partial charge in [0.2, 0.25) is 5.88 Å². The summed E-state index contributed by atoms with van der Waals surface area (Å²) >= 11 is 1.63. The maximum Gasteiger partial charge on any atom is 0.326 e. The van der Waals surface area contributed by atoms with E-state index in [0.717, 1.165) is 33.8 Å². The molecule has 0 radical (unpaired) electrons. The lowest BCUT2D eigenvalue weighted by Gasteiger charge is -2.01. The van der Waals surface area contributed by atoms with E-state index in [4.69, 9.17) is 15.1 Å². The summed E-state index contributed by atoms with van der Waals surface area (Å²) in [7, 11) is 0. The normalized spacial score (nSPS) is 15.4. The molecule has 11 heteroatoms. The molecule has 0 aliphatic heterocycles. The first-order valence-corrected chi connectivity index (χ1v) is 10.8. The van der Waals surface area contributed by atoms with Crippen LogP contribution in [-0.4, -0.2) is 54.0 Å². The monoisotopic (exact) mass is 439 g/mol. The second-order valence-electron chi connectivity index (χ2n) is 7.35. The summed E-state index contributed by atoms with van der Waals surface area (Å²) in [6.07, 6.45) is 5.41. The fourth-order valence-electron chi connectivity index (χ4n) is 3.22. The predicted molar refractivity (Wildman–Crippen MR) is 116 cm³/mol. The molecule has 0 saturated heterocycles. The van der Waals surface area contributed by atoms with Gasteiger partial charge in [-0.2, -0.15) is 9.61 Å². The summed E-state index contributed by atoms with van der Waals surface area (Å²) in [5.74, 6) is -0.235. The molecule has 1 aliphatic rings. The minimum absolute atomic E-state index is 0.102. The van der Waals surface area contributed by atoms with Crippen molar-refractivity contribution < 1.29 is 10.2 Å². The third-order valence-corrected chi connectivity index (χ3v) is 5.99. The summed E-state index contributed by atoms with van der Waals surface area (Å²) in [4.78, 5) is 28.1. The topological polar surface area (TPSA) is 144 Å². The summed E-state index contributed by atoms with van der Waals surface area (Å²) in [6.45, 7) is 1.33. The van der Waals surface area contributed by atoms with Gasteiger partial charge in [-0.3, -0.25) is 9.98 Å². The fraction of sp³-hybridized carbons (Fsp3) is 0.300. The molecular weight excluding hydrogens is 418 g/mol. The van der Waals surface area contributed by atoms with Gasteiger partial charge in [0.15, 0.2) is 11.1 Å². The summed E-state index contributed by atoms with van der Waals surface area (Å²) in [6, 6.07) is 6.31. The number of imidazole rings is 1. The van der Waals surface area contributed by atoms with Crippen molar-refractivity contribution in [1.82, 2.24) is 29.9 Å². The minimum atomic E-state index is -0.487. The van der Waals surface area contributed by atoms with E-state index in [1.807, 2.05) is 18.2 Å². The van der Waals surface area contributed by atoms with Crippen molar-refractivity contribution in [3.8, 4) is 16.5 Å². The van der Waals surface area contributed by atoms with Crippen molar-refractivity contribution in [2.24, 2.45) is 4.99 Å². The Labute approximate surface area is 179 Å². The van der Waals surface area contributed by atoms with E-state index in [0.29, 0.717) is 30.0 Å². The smallest absolute Gasteiger partial charge is 0.326 e. The Morgan fingerprint density at radius 3 is 2.97 bits per heavy atom. The Morgan fingerprint density at radius 2 is 2.23 bits per heavy atom. The number of aromatic amines is 2. The van der Waals surface area contributed by atoms with Gasteiger partial charge in [-0.25, -0.2) is 9.78 Å². The summed E-state index contributed by atoms with van der Waals surface area (Å²) in [5.41, 5.74) is 1.88. The number of fused-ring (bicyclic) bond motifs is 1. The van der Waals surface area contributed by atoms with Crippen LogP contribution < -0.4 is 21.7 Å². The largest absolute Gasteiger partial charge is 0.493 e. The quantitative estimate of drug-likeness (QED) is 0.254. The third-order valence-electron chi connectivity index (χ3n) is 4.88. The van der Waals surface area contributed by atoms with Gasteiger partial charge in [0.25, 0.3) is 0 Å². The van der Waals surface area contributed by atoms with Crippen molar-refractivity contribution >= 4 is 23.1 Å². The number of rotatable bonds is 7. The number of thiophene rings is 1. The Kier molecular flexibility index (Phi) is 5.14. The lowest BCUT2D eigenvalue weighted by atomic mass is 10.3. The molecule has 4 aromatic rings. The van der Waals surface area contributed by atoms with Gasteiger partial charge >= 0.3 is 5.69 Å².